The minimum absolute atomic E-state index is 0.375. The molecule has 0 aliphatic carbocycles. The molecule has 4 heterocycles. The number of fused-ring (bicyclic) bond motifs is 1. The van der Waals surface area contributed by atoms with Crippen LogP contribution in [0.5, 0.6) is 0 Å². The van der Waals surface area contributed by atoms with Crippen molar-refractivity contribution in [2.24, 2.45) is 0 Å². The average molecular weight is 365 g/mol. The molecule has 136 valence electrons. The van der Waals surface area contributed by atoms with E-state index in [2.05, 4.69) is 24.9 Å². The van der Waals surface area contributed by atoms with E-state index in [0.717, 1.165) is 34.1 Å². The van der Waals surface area contributed by atoms with Crippen LogP contribution in [0.2, 0.25) is 0 Å². The summed E-state index contributed by atoms with van der Waals surface area (Å²) in [4.78, 5) is 19.4. The quantitative estimate of drug-likeness (QED) is 0.548. The smallest absolute Gasteiger partial charge is 0.216 e. The van der Waals surface area contributed by atoms with E-state index in [1.165, 1.54) is 12.4 Å². The van der Waals surface area contributed by atoms with Gasteiger partial charge in [0.15, 0.2) is 0 Å². The van der Waals surface area contributed by atoms with E-state index in [0.29, 0.717) is 30.5 Å². The number of halogens is 2. The largest absolute Gasteiger partial charge is 0.346 e. The molecule has 0 unspecified atom stereocenters. The molecule has 27 heavy (non-hydrogen) atoms. The fraction of sp³-hybridized carbons (Fsp3) is 0.200. The molecule has 0 saturated carbocycles. The van der Waals surface area contributed by atoms with E-state index < -0.39 is 5.95 Å². The molecule has 0 bridgehead atoms. The van der Waals surface area contributed by atoms with Crippen molar-refractivity contribution in [2.45, 2.75) is 26.2 Å². The third-order valence-electron chi connectivity index (χ3n) is 4.54. The van der Waals surface area contributed by atoms with E-state index in [-0.39, 0.29) is 5.82 Å². The van der Waals surface area contributed by atoms with Gasteiger partial charge in [-0.2, -0.15) is 4.39 Å². The Morgan fingerprint density at radius 1 is 1.04 bits per heavy atom. The van der Waals surface area contributed by atoms with Crippen molar-refractivity contribution in [1.82, 2.24) is 24.9 Å². The van der Waals surface area contributed by atoms with Crippen molar-refractivity contribution < 1.29 is 8.78 Å². The Kier molecular flexibility index (Phi) is 4.58. The minimum atomic E-state index is -0.492. The van der Waals surface area contributed by atoms with Crippen LogP contribution >= 0.6 is 0 Å². The molecule has 0 aromatic carbocycles. The van der Waals surface area contributed by atoms with Gasteiger partial charge in [0.1, 0.15) is 17.8 Å². The molecular weight excluding hydrogens is 348 g/mol. The van der Waals surface area contributed by atoms with Crippen LogP contribution in [0.1, 0.15) is 28.1 Å². The lowest BCUT2D eigenvalue weighted by Crippen LogP contribution is -2.01. The molecule has 0 radical (unpaired) electrons. The van der Waals surface area contributed by atoms with Crippen molar-refractivity contribution in [3.05, 3.63) is 83.0 Å². The van der Waals surface area contributed by atoms with Crippen LogP contribution in [0, 0.1) is 18.7 Å². The number of aryl methyl sites for hydroxylation is 3. The second kappa shape index (κ2) is 7.19. The predicted molar refractivity (Wildman–Crippen MR) is 97.2 cm³/mol. The summed E-state index contributed by atoms with van der Waals surface area (Å²) < 4.78 is 27.7. The van der Waals surface area contributed by atoms with Gasteiger partial charge in [-0.3, -0.25) is 4.98 Å². The van der Waals surface area contributed by atoms with Gasteiger partial charge in [-0.1, -0.05) is 6.07 Å². The standard InChI is InChI=1S/C20H17F2N5/c1-12-18-15(9-24-20(18)26-11-25-12)7-14-3-5-17(27-19(14)22)4-2-13-6-16(21)10-23-8-13/h3,5-6,8-11H,2,4,7H2,1H3,(H,24,25,26). The average Bonchev–Trinajstić information content (AvgIpc) is 3.06. The van der Waals surface area contributed by atoms with E-state index in [1.807, 2.05) is 19.2 Å². The third kappa shape index (κ3) is 3.67. The lowest BCUT2D eigenvalue weighted by atomic mass is 10.0. The Hall–Kier alpha value is -3.22. The second-order valence-corrected chi connectivity index (χ2v) is 6.44. The Labute approximate surface area is 154 Å². The summed E-state index contributed by atoms with van der Waals surface area (Å²) in [5, 5.41) is 0.916. The fourth-order valence-corrected chi connectivity index (χ4v) is 3.18. The highest BCUT2D eigenvalue weighted by Gasteiger charge is 2.12. The molecule has 0 aliphatic rings. The zero-order valence-electron chi connectivity index (χ0n) is 14.7. The van der Waals surface area contributed by atoms with Gasteiger partial charge in [-0.15, -0.1) is 0 Å². The number of nitrogens with one attached hydrogen (secondary N) is 1. The maximum absolute atomic E-state index is 14.5. The van der Waals surface area contributed by atoms with Crippen LogP contribution in [-0.4, -0.2) is 24.9 Å². The maximum atomic E-state index is 14.5. The Morgan fingerprint density at radius 3 is 2.74 bits per heavy atom. The molecule has 0 spiro atoms. The summed E-state index contributed by atoms with van der Waals surface area (Å²) in [6.07, 6.45) is 7.57. The molecule has 4 aromatic rings. The van der Waals surface area contributed by atoms with Crippen molar-refractivity contribution in [3.63, 3.8) is 0 Å². The first-order valence-electron chi connectivity index (χ1n) is 8.61. The summed E-state index contributed by atoms with van der Waals surface area (Å²) in [7, 11) is 0. The Morgan fingerprint density at radius 2 is 1.93 bits per heavy atom. The minimum Gasteiger partial charge on any atom is -0.346 e. The molecular formula is C20H17F2N5. The van der Waals surface area contributed by atoms with Gasteiger partial charge in [-0.25, -0.2) is 19.3 Å². The zero-order valence-corrected chi connectivity index (χ0v) is 14.7. The predicted octanol–water partition coefficient (Wildman–Crippen LogP) is 3.71. The number of aromatic nitrogens is 5. The summed E-state index contributed by atoms with van der Waals surface area (Å²) in [6, 6.07) is 4.99. The van der Waals surface area contributed by atoms with Crippen molar-refractivity contribution in [1.29, 1.82) is 0 Å². The Bertz CT molecular complexity index is 1110. The van der Waals surface area contributed by atoms with Crippen molar-refractivity contribution in [3.8, 4) is 0 Å². The zero-order chi connectivity index (χ0) is 18.8. The van der Waals surface area contributed by atoms with E-state index in [9.17, 15) is 8.78 Å². The van der Waals surface area contributed by atoms with E-state index in [4.69, 9.17) is 0 Å². The Balaban J connectivity index is 1.51. The maximum Gasteiger partial charge on any atom is 0.216 e. The summed E-state index contributed by atoms with van der Waals surface area (Å²) in [6.45, 7) is 1.90. The van der Waals surface area contributed by atoms with E-state index in [1.54, 1.807) is 12.3 Å². The monoisotopic (exact) mass is 365 g/mol. The van der Waals surface area contributed by atoms with Gasteiger partial charge in [0.2, 0.25) is 5.95 Å². The van der Waals surface area contributed by atoms with Gasteiger partial charge < -0.3 is 4.98 Å². The van der Waals surface area contributed by atoms with Crippen LogP contribution in [0.4, 0.5) is 8.78 Å². The number of H-pyrrole nitrogens is 1. The number of hydrogen-bond acceptors (Lipinski definition) is 4. The number of nitrogens with zero attached hydrogens (tertiary/aromatic N) is 4. The first-order valence-corrected chi connectivity index (χ1v) is 8.61. The molecule has 7 heteroatoms. The SMILES string of the molecule is Cc1ncnc2[nH]cc(Cc3ccc(CCc4cncc(F)c4)nc3F)c12. The molecule has 0 fully saturated rings. The molecule has 0 amide bonds. The number of aromatic amines is 1. The third-order valence-corrected chi connectivity index (χ3v) is 4.54. The summed E-state index contributed by atoms with van der Waals surface area (Å²) >= 11 is 0. The molecule has 1 N–H and O–H groups in total. The van der Waals surface area contributed by atoms with Crippen LogP contribution < -0.4 is 0 Å². The first kappa shape index (κ1) is 17.2. The highest BCUT2D eigenvalue weighted by molar-refractivity contribution is 5.82. The summed E-state index contributed by atoms with van der Waals surface area (Å²) in [5.41, 5.74) is 4.42. The highest BCUT2D eigenvalue weighted by Crippen LogP contribution is 2.22. The lowest BCUT2D eigenvalue weighted by Gasteiger charge is -2.06. The molecule has 4 aromatic heterocycles. The van der Waals surface area contributed by atoms with Gasteiger partial charge in [0, 0.05) is 35.5 Å². The van der Waals surface area contributed by atoms with Gasteiger partial charge in [0.05, 0.1) is 11.9 Å². The van der Waals surface area contributed by atoms with Crippen molar-refractivity contribution in [2.75, 3.05) is 0 Å². The topological polar surface area (TPSA) is 67.3 Å². The van der Waals surface area contributed by atoms with Crippen molar-refractivity contribution >= 4 is 11.0 Å². The normalized spacial score (nSPS) is 11.2. The highest BCUT2D eigenvalue weighted by atomic mass is 19.1. The second-order valence-electron chi connectivity index (χ2n) is 6.44. The van der Waals surface area contributed by atoms with Gasteiger partial charge >= 0.3 is 0 Å². The molecule has 5 nitrogen and oxygen atoms in total. The number of rotatable bonds is 5. The van der Waals surface area contributed by atoms with Gasteiger partial charge in [0.25, 0.3) is 0 Å². The molecule has 4 rings (SSSR count). The fourth-order valence-electron chi connectivity index (χ4n) is 3.18. The lowest BCUT2D eigenvalue weighted by molar-refractivity contribution is 0.562. The van der Waals surface area contributed by atoms with Crippen LogP contribution in [0.15, 0.2) is 43.1 Å². The molecule has 0 aliphatic heterocycles. The van der Waals surface area contributed by atoms with Crippen LogP contribution in [-0.2, 0) is 19.3 Å². The molecule has 0 atom stereocenters. The number of pyridine rings is 2. The van der Waals surface area contributed by atoms with Gasteiger partial charge in [-0.05, 0) is 43.0 Å². The van der Waals surface area contributed by atoms with Crippen LogP contribution in [0.25, 0.3) is 11.0 Å². The first-order chi connectivity index (χ1) is 13.1. The van der Waals surface area contributed by atoms with E-state index >= 15 is 0 Å². The number of hydrogen-bond donors (Lipinski definition) is 1. The summed E-state index contributed by atoms with van der Waals surface area (Å²) in [5.74, 6) is -0.867. The molecule has 0 saturated heterocycles. The van der Waals surface area contributed by atoms with Crippen LogP contribution in [0.3, 0.4) is 0 Å².